The first-order valence-electron chi connectivity index (χ1n) is 19.1. The smallest absolute Gasteiger partial charge is 0.326 e. The molecule has 346 valence electrons. The molecule has 27 heteroatoms. The zero-order valence-corrected chi connectivity index (χ0v) is 34.3. The average molecular weight is 875 g/mol. The third-order valence-electron chi connectivity index (χ3n) is 8.30. The Balaban J connectivity index is 6.19. The molecule has 0 aromatic heterocycles. The molecule has 0 aliphatic carbocycles. The first-order chi connectivity index (χ1) is 28.6. The van der Waals surface area contributed by atoms with Crippen LogP contribution in [0.3, 0.4) is 0 Å². The topological polar surface area (TPSA) is 474 Å². The van der Waals surface area contributed by atoms with Gasteiger partial charge in [0, 0.05) is 26.4 Å². The van der Waals surface area contributed by atoms with E-state index in [1.54, 1.807) is 13.8 Å². The quantitative estimate of drug-likeness (QED) is 0.0181. The monoisotopic (exact) mass is 874 g/mol. The van der Waals surface area contributed by atoms with Gasteiger partial charge in [0.2, 0.25) is 47.3 Å². The van der Waals surface area contributed by atoms with Crippen LogP contribution in [0.5, 0.6) is 0 Å². The number of aliphatic hydroxyl groups excluding tert-OH is 3. The van der Waals surface area contributed by atoms with Crippen molar-refractivity contribution in [2.75, 3.05) is 32.9 Å². The molecule has 0 radical (unpaired) electrons. The van der Waals surface area contributed by atoms with Crippen LogP contribution in [-0.4, -0.2) is 161 Å². The lowest BCUT2D eigenvalue weighted by molar-refractivity contribution is -0.143. The summed E-state index contributed by atoms with van der Waals surface area (Å²) >= 11 is 0. The molecule has 0 rings (SSSR count). The van der Waals surface area contributed by atoms with Crippen molar-refractivity contribution in [1.82, 2.24) is 37.2 Å². The van der Waals surface area contributed by atoms with Crippen molar-refractivity contribution in [3.63, 3.8) is 0 Å². The molecule has 0 heterocycles. The SMILES string of the molecule is CC(=O)N[C@@H](CCCN=C(N)N)C(=O)N[C@@H](CCC(N)=O)C(=O)N[C@@H](CO)C(=O)N[C@@H](CCCN=C(N)N)C(=O)N[C@@H](CO)C(=O)N[C@@H](CO)C(=O)N[C@@H](CC(C)C)C(=O)O. The number of carbonyl (C=O) groups excluding carboxylic acids is 8. The van der Waals surface area contributed by atoms with E-state index in [4.69, 9.17) is 28.7 Å². The molecule has 0 bridgehead atoms. The van der Waals surface area contributed by atoms with Crippen molar-refractivity contribution in [1.29, 1.82) is 0 Å². The van der Waals surface area contributed by atoms with Gasteiger partial charge in [0.1, 0.15) is 42.3 Å². The zero-order valence-electron chi connectivity index (χ0n) is 34.3. The van der Waals surface area contributed by atoms with Crippen LogP contribution < -0.4 is 65.9 Å². The molecule has 8 amide bonds. The van der Waals surface area contributed by atoms with Gasteiger partial charge in [0.05, 0.1) is 19.8 Å². The summed E-state index contributed by atoms with van der Waals surface area (Å²) < 4.78 is 0. The molecule has 27 nitrogen and oxygen atoms in total. The number of carbonyl (C=O) groups is 9. The van der Waals surface area contributed by atoms with Crippen LogP contribution >= 0.6 is 0 Å². The van der Waals surface area contributed by atoms with Crippen LogP contribution in [0.25, 0.3) is 0 Å². The molecule has 0 aliphatic heterocycles. The molecule has 0 aromatic rings. The standard InChI is InChI=1S/C34H62N14O13/c1-16(2)12-21(32(60)61)45-30(58)23(14-50)48-31(59)24(15-51)46-27(55)19(7-5-11-41-34(38)39)43-29(57)22(13-49)47-28(56)20(8-9-25(35)53)44-26(54)18(42-17(3)52)6-4-10-40-33(36)37/h16,18-24,49-51H,4-15H2,1-3H3,(H2,35,53)(H,42,52)(H,43,57)(H,44,54)(H,45,58)(H,46,55)(H,47,56)(H,48,59)(H,60,61)(H4,36,37,40)(H4,38,39,41)/t18-,19-,20-,21-,22-,23-,24-/m0/s1. The number of hydrogen-bond donors (Lipinski definition) is 16. The first-order valence-corrected chi connectivity index (χ1v) is 19.1. The summed E-state index contributed by atoms with van der Waals surface area (Å²) in [5.74, 6) is -9.93. The number of primary amides is 1. The summed E-state index contributed by atoms with van der Waals surface area (Å²) in [6, 6.07) is -11.0. The number of aliphatic carboxylic acids is 1. The highest BCUT2D eigenvalue weighted by atomic mass is 16.4. The molecule has 0 aromatic carbocycles. The lowest BCUT2D eigenvalue weighted by Crippen LogP contribution is -2.61. The van der Waals surface area contributed by atoms with Gasteiger partial charge in [-0.2, -0.15) is 0 Å². The number of guanidine groups is 2. The minimum absolute atomic E-state index is 0.0163. The van der Waals surface area contributed by atoms with Crippen molar-refractivity contribution in [2.24, 2.45) is 44.6 Å². The lowest BCUT2D eigenvalue weighted by atomic mass is 10.0. The number of nitrogens with zero attached hydrogens (tertiary/aromatic N) is 2. The van der Waals surface area contributed by atoms with Crippen molar-refractivity contribution >= 4 is 65.1 Å². The molecule has 0 fully saturated rings. The van der Waals surface area contributed by atoms with Gasteiger partial charge in [-0.3, -0.25) is 48.3 Å². The second kappa shape index (κ2) is 29.0. The van der Waals surface area contributed by atoms with Crippen LogP contribution in [0.1, 0.15) is 65.7 Å². The van der Waals surface area contributed by atoms with Crippen LogP contribution in [0.2, 0.25) is 0 Å². The number of rotatable bonds is 30. The summed E-state index contributed by atoms with van der Waals surface area (Å²) in [5.41, 5.74) is 26.6. The summed E-state index contributed by atoms with van der Waals surface area (Å²) in [6.45, 7) is 1.48. The summed E-state index contributed by atoms with van der Waals surface area (Å²) in [4.78, 5) is 122. The number of nitrogens with two attached hydrogens (primary N) is 5. The number of nitrogens with one attached hydrogen (secondary N) is 7. The Kier molecular flexibility index (Phi) is 26.0. The van der Waals surface area contributed by atoms with Crippen molar-refractivity contribution in [2.45, 2.75) is 108 Å². The van der Waals surface area contributed by atoms with Gasteiger partial charge < -0.3 is 86.3 Å². The first kappa shape index (κ1) is 54.6. The number of carboxylic acid groups (broad SMARTS) is 1. The predicted octanol–water partition coefficient (Wildman–Crippen LogP) is -8.12. The van der Waals surface area contributed by atoms with E-state index in [1.165, 1.54) is 0 Å². The van der Waals surface area contributed by atoms with Gasteiger partial charge in [-0.15, -0.1) is 0 Å². The highest BCUT2D eigenvalue weighted by Gasteiger charge is 2.34. The number of carboxylic acids is 1. The van der Waals surface area contributed by atoms with E-state index in [2.05, 4.69) is 47.2 Å². The molecule has 0 unspecified atom stereocenters. The fourth-order valence-corrected chi connectivity index (χ4v) is 5.25. The number of aliphatic hydroxyl groups is 3. The second-order valence-corrected chi connectivity index (χ2v) is 14.0. The summed E-state index contributed by atoms with van der Waals surface area (Å²) in [5, 5.41) is 55.1. The summed E-state index contributed by atoms with van der Waals surface area (Å²) in [7, 11) is 0. The van der Waals surface area contributed by atoms with Crippen LogP contribution in [0.4, 0.5) is 0 Å². The largest absolute Gasteiger partial charge is 0.480 e. The third kappa shape index (κ3) is 23.1. The highest BCUT2D eigenvalue weighted by molar-refractivity contribution is 5.97. The Labute approximate surface area is 351 Å². The average Bonchev–Trinajstić information content (AvgIpc) is 3.17. The lowest BCUT2D eigenvalue weighted by Gasteiger charge is -2.26. The minimum atomic E-state index is -1.80. The van der Waals surface area contributed by atoms with Crippen LogP contribution in [0.15, 0.2) is 9.98 Å². The number of aliphatic imine (C=N–C) groups is 2. The van der Waals surface area contributed by atoms with E-state index in [0.29, 0.717) is 0 Å². The van der Waals surface area contributed by atoms with E-state index in [0.717, 1.165) is 6.92 Å². The molecule has 0 saturated heterocycles. The molecule has 0 spiro atoms. The maximum Gasteiger partial charge on any atom is 0.326 e. The van der Waals surface area contributed by atoms with E-state index >= 15 is 0 Å². The number of hydrogen-bond acceptors (Lipinski definition) is 14. The maximum atomic E-state index is 13.5. The van der Waals surface area contributed by atoms with Gasteiger partial charge in [-0.05, 0) is 44.4 Å². The Morgan fingerprint density at radius 3 is 1.10 bits per heavy atom. The number of amides is 8. The van der Waals surface area contributed by atoms with E-state index < -0.39 is 122 Å². The second-order valence-electron chi connectivity index (χ2n) is 14.0. The van der Waals surface area contributed by atoms with Gasteiger partial charge >= 0.3 is 5.97 Å². The van der Waals surface area contributed by atoms with E-state index in [1.807, 2.05) is 0 Å². The Hall–Kier alpha value is -6.35. The van der Waals surface area contributed by atoms with E-state index in [-0.39, 0.29) is 69.5 Å². The Morgan fingerprint density at radius 1 is 0.492 bits per heavy atom. The molecular formula is C34H62N14O13. The molecule has 0 saturated carbocycles. The third-order valence-corrected chi connectivity index (χ3v) is 8.30. The fourth-order valence-electron chi connectivity index (χ4n) is 5.25. The van der Waals surface area contributed by atoms with Gasteiger partial charge in [0.25, 0.3) is 0 Å². The molecule has 21 N–H and O–H groups in total. The Morgan fingerprint density at radius 2 is 0.803 bits per heavy atom. The van der Waals surface area contributed by atoms with Crippen molar-refractivity contribution < 1.29 is 63.6 Å². The Bertz CT molecular complexity index is 1570. The summed E-state index contributed by atoms with van der Waals surface area (Å²) in [6.07, 6.45) is -0.757. The van der Waals surface area contributed by atoms with E-state index in [9.17, 15) is 63.6 Å². The van der Waals surface area contributed by atoms with Gasteiger partial charge in [-0.25, -0.2) is 4.79 Å². The molecular weight excluding hydrogens is 812 g/mol. The van der Waals surface area contributed by atoms with Crippen molar-refractivity contribution in [3.8, 4) is 0 Å². The maximum absolute atomic E-state index is 13.5. The highest BCUT2D eigenvalue weighted by Crippen LogP contribution is 2.07. The predicted molar refractivity (Wildman–Crippen MR) is 216 cm³/mol. The fraction of sp³-hybridized carbons (Fsp3) is 0.676. The molecule has 7 atom stereocenters. The normalized spacial score (nSPS) is 14.2. The zero-order chi connectivity index (χ0) is 46.8. The van der Waals surface area contributed by atoms with Crippen LogP contribution in [0, 0.1) is 5.92 Å². The van der Waals surface area contributed by atoms with Gasteiger partial charge in [-0.1, -0.05) is 13.8 Å². The molecule has 61 heavy (non-hydrogen) atoms. The molecule has 0 aliphatic rings. The van der Waals surface area contributed by atoms with Crippen LogP contribution in [-0.2, 0) is 43.2 Å². The van der Waals surface area contributed by atoms with Gasteiger partial charge in [0.15, 0.2) is 11.9 Å². The minimum Gasteiger partial charge on any atom is -0.480 e. The van der Waals surface area contributed by atoms with Crippen molar-refractivity contribution in [3.05, 3.63) is 0 Å².